The maximum absolute atomic E-state index is 12.0. The predicted octanol–water partition coefficient (Wildman–Crippen LogP) is 2.76. The molecule has 1 heterocycles. The Balaban J connectivity index is 1.41. The standard InChI is InChI=1S/C35H64N2O6/c1-2-3-5-9-25-13-14-27(32(40)21-25)10-6-4-7-12-30(34(41)42)31(39)15-17-35(43)23-28(11-8-19-38)29(24-35)20-26-16-18-37-33(36)22-26/h13-14,25-33,37-40,43H,2-12,15-24,36H2,1H3,(H,41,42). The van der Waals surface area contributed by atoms with Crippen molar-refractivity contribution in [2.75, 3.05) is 13.2 Å². The Morgan fingerprint density at radius 1 is 1.02 bits per heavy atom. The molecule has 0 radical (unpaired) electrons. The van der Waals surface area contributed by atoms with Crippen LogP contribution < -0.4 is 16.2 Å². The molecular formula is C35H64N2O6. The molecule has 0 bridgehead atoms. The van der Waals surface area contributed by atoms with Crippen molar-refractivity contribution in [3.05, 3.63) is 12.2 Å². The highest BCUT2D eigenvalue weighted by molar-refractivity contribution is 5.68. The van der Waals surface area contributed by atoms with Gasteiger partial charge in [-0.3, -0.25) is 5.73 Å². The summed E-state index contributed by atoms with van der Waals surface area (Å²) in [6.45, 7) is 3.40. The van der Waals surface area contributed by atoms with Crippen LogP contribution in [0.4, 0.5) is 0 Å². The number of carbonyl (C=O) groups is 1. The zero-order valence-corrected chi connectivity index (χ0v) is 27.0. The number of aliphatic hydroxyl groups excluding tert-OH is 3. The van der Waals surface area contributed by atoms with Crippen LogP contribution in [0.15, 0.2) is 12.2 Å². The minimum absolute atomic E-state index is 0.147. The Labute approximate surface area is 260 Å². The second kappa shape index (κ2) is 18.8. The smallest absolute Gasteiger partial charge is 0.137 e. The maximum atomic E-state index is 12.0. The molecular weight excluding hydrogens is 544 g/mol. The molecule has 3 aliphatic rings. The quantitative estimate of drug-likeness (QED) is 0.0914. The molecule has 250 valence electrons. The van der Waals surface area contributed by atoms with E-state index in [0.717, 1.165) is 70.8 Å². The van der Waals surface area contributed by atoms with Gasteiger partial charge in [0.15, 0.2) is 0 Å². The molecule has 8 heteroatoms. The molecule has 1 saturated heterocycles. The van der Waals surface area contributed by atoms with Crippen LogP contribution in [0.5, 0.6) is 0 Å². The Morgan fingerprint density at radius 2 is 1.79 bits per heavy atom. The number of unbranched alkanes of at least 4 members (excludes halogenated alkanes) is 4. The van der Waals surface area contributed by atoms with Gasteiger partial charge in [0.05, 0.1) is 24.4 Å². The van der Waals surface area contributed by atoms with Crippen molar-refractivity contribution in [1.29, 1.82) is 0 Å². The van der Waals surface area contributed by atoms with Crippen molar-refractivity contribution >= 4 is 5.97 Å². The van der Waals surface area contributed by atoms with Gasteiger partial charge in [0.1, 0.15) is 6.17 Å². The van der Waals surface area contributed by atoms with Crippen LogP contribution in [-0.4, -0.2) is 63.5 Å². The third kappa shape index (κ3) is 12.4. The molecule has 10 atom stereocenters. The first-order chi connectivity index (χ1) is 20.6. The molecule has 8 N–H and O–H groups in total. The van der Waals surface area contributed by atoms with Gasteiger partial charge in [-0.05, 0) is 101 Å². The number of hydrogen-bond acceptors (Lipinski definition) is 7. The second-order valence-electron chi connectivity index (χ2n) is 14.6. The van der Waals surface area contributed by atoms with Gasteiger partial charge in [0.25, 0.3) is 0 Å². The van der Waals surface area contributed by atoms with E-state index in [-0.39, 0.29) is 31.2 Å². The van der Waals surface area contributed by atoms with E-state index in [1.54, 1.807) is 0 Å². The van der Waals surface area contributed by atoms with Crippen LogP contribution in [0.25, 0.3) is 0 Å². The van der Waals surface area contributed by atoms with Crippen LogP contribution in [-0.2, 0) is 4.79 Å². The fourth-order valence-electron chi connectivity index (χ4n) is 8.51. The van der Waals surface area contributed by atoms with Crippen LogP contribution in [0.1, 0.15) is 129 Å². The molecule has 2 fully saturated rings. The molecule has 43 heavy (non-hydrogen) atoms. The minimum atomic E-state index is -1.21. The van der Waals surface area contributed by atoms with Crippen LogP contribution >= 0.6 is 0 Å². The summed E-state index contributed by atoms with van der Waals surface area (Å²) in [7, 11) is 0. The maximum Gasteiger partial charge on any atom is 0.137 e. The van der Waals surface area contributed by atoms with E-state index in [1.807, 2.05) is 0 Å². The number of aliphatic carboxylic acids is 1. The lowest BCUT2D eigenvalue weighted by molar-refractivity contribution is -0.699. The summed E-state index contributed by atoms with van der Waals surface area (Å²) in [4.78, 5) is 12.0. The molecule has 0 aromatic carbocycles. The van der Waals surface area contributed by atoms with Gasteiger partial charge in [-0.2, -0.15) is 0 Å². The first-order valence-corrected chi connectivity index (χ1v) is 17.8. The molecule has 0 aromatic heterocycles. The number of piperidine rings is 1. The van der Waals surface area contributed by atoms with Gasteiger partial charge in [-0.1, -0.05) is 57.6 Å². The second-order valence-corrected chi connectivity index (χ2v) is 14.6. The fraction of sp³-hybridized carbons (Fsp3) is 0.914. The zero-order valence-electron chi connectivity index (χ0n) is 27.0. The Hall–Kier alpha value is -1.03. The van der Waals surface area contributed by atoms with Crippen molar-refractivity contribution in [3.8, 4) is 0 Å². The number of rotatable bonds is 20. The van der Waals surface area contributed by atoms with E-state index in [2.05, 4.69) is 24.4 Å². The minimum Gasteiger partial charge on any atom is -0.550 e. The average Bonchev–Trinajstić information content (AvgIpc) is 3.28. The Kier molecular flexibility index (Phi) is 16.0. The molecule has 8 nitrogen and oxygen atoms in total. The summed E-state index contributed by atoms with van der Waals surface area (Å²) >= 11 is 0. The average molecular weight is 609 g/mol. The van der Waals surface area contributed by atoms with Gasteiger partial charge in [-0.25, -0.2) is 0 Å². The van der Waals surface area contributed by atoms with Gasteiger partial charge < -0.3 is 35.6 Å². The van der Waals surface area contributed by atoms with E-state index in [9.17, 15) is 30.3 Å². The van der Waals surface area contributed by atoms with Crippen molar-refractivity contribution in [1.82, 2.24) is 0 Å². The van der Waals surface area contributed by atoms with E-state index >= 15 is 0 Å². The molecule has 1 saturated carbocycles. The molecule has 10 unspecified atom stereocenters. The summed E-state index contributed by atoms with van der Waals surface area (Å²) in [5, 5.41) is 56.6. The van der Waals surface area contributed by atoms with Crippen molar-refractivity contribution < 1.29 is 35.6 Å². The summed E-state index contributed by atoms with van der Waals surface area (Å²) in [5.74, 6) is -0.234. The van der Waals surface area contributed by atoms with Gasteiger partial charge in [0.2, 0.25) is 0 Å². The van der Waals surface area contributed by atoms with Gasteiger partial charge >= 0.3 is 0 Å². The predicted molar refractivity (Wildman–Crippen MR) is 167 cm³/mol. The van der Waals surface area contributed by atoms with Crippen LogP contribution in [0.2, 0.25) is 0 Å². The normalized spacial score (nSPS) is 34.3. The third-order valence-electron chi connectivity index (χ3n) is 11.0. The van der Waals surface area contributed by atoms with E-state index in [1.165, 1.54) is 19.3 Å². The van der Waals surface area contributed by atoms with Gasteiger partial charge in [0, 0.05) is 30.8 Å². The third-order valence-corrected chi connectivity index (χ3v) is 11.0. The van der Waals surface area contributed by atoms with Crippen LogP contribution in [0.3, 0.4) is 0 Å². The monoisotopic (exact) mass is 608 g/mol. The molecule has 2 aliphatic carbocycles. The molecule has 0 aromatic rings. The number of allylic oxidation sites excluding steroid dienone is 1. The first kappa shape index (κ1) is 36.4. The highest BCUT2D eigenvalue weighted by Crippen LogP contribution is 2.47. The molecule has 3 rings (SSSR count). The summed E-state index contributed by atoms with van der Waals surface area (Å²) in [6, 6.07) is 0. The number of nitrogens with two attached hydrogens (primary N) is 2. The number of hydrogen-bond donors (Lipinski definition) is 6. The molecule has 0 amide bonds. The largest absolute Gasteiger partial charge is 0.550 e. The number of carbonyl (C=O) groups excluding carboxylic acids is 1. The topological polar surface area (TPSA) is 164 Å². The SMILES string of the molecule is CCCCCC1C=CC(CCCCCC(C(=O)[O-])C(O)CCC2(O)CC(CCCO)C(CC3CC[NH2+]C(N)C3)C2)C(O)C1. The van der Waals surface area contributed by atoms with E-state index < -0.39 is 23.6 Å². The van der Waals surface area contributed by atoms with Crippen molar-refractivity contribution in [2.45, 2.75) is 153 Å². The lowest BCUT2D eigenvalue weighted by atomic mass is 9.80. The van der Waals surface area contributed by atoms with Gasteiger partial charge in [-0.15, -0.1) is 0 Å². The lowest BCUT2D eigenvalue weighted by Crippen LogP contribution is -2.94. The van der Waals surface area contributed by atoms with Crippen LogP contribution in [0, 0.1) is 35.5 Å². The number of quaternary nitrogens is 1. The van der Waals surface area contributed by atoms with Crippen molar-refractivity contribution in [2.24, 2.45) is 41.2 Å². The Bertz CT molecular complexity index is 826. The first-order valence-electron chi connectivity index (χ1n) is 17.8. The van der Waals surface area contributed by atoms with E-state index in [4.69, 9.17) is 5.73 Å². The zero-order chi connectivity index (χ0) is 31.2. The number of carboxylic acid groups (broad SMARTS) is 1. The number of aliphatic hydroxyl groups is 4. The molecule has 1 aliphatic heterocycles. The van der Waals surface area contributed by atoms with Crippen molar-refractivity contribution in [3.63, 3.8) is 0 Å². The Morgan fingerprint density at radius 3 is 2.49 bits per heavy atom. The van der Waals surface area contributed by atoms with E-state index in [0.29, 0.717) is 55.8 Å². The summed E-state index contributed by atoms with van der Waals surface area (Å²) < 4.78 is 0. The summed E-state index contributed by atoms with van der Waals surface area (Å²) in [6.07, 6.45) is 19.4. The highest BCUT2D eigenvalue weighted by Gasteiger charge is 2.44. The lowest BCUT2D eigenvalue weighted by Gasteiger charge is -2.30. The molecule has 0 spiro atoms. The number of carboxylic acids is 1. The summed E-state index contributed by atoms with van der Waals surface area (Å²) in [5.41, 5.74) is 5.27. The highest BCUT2D eigenvalue weighted by atomic mass is 16.4. The fourth-order valence-corrected chi connectivity index (χ4v) is 8.51.